The summed E-state index contributed by atoms with van der Waals surface area (Å²) in [5.41, 5.74) is 4.02. The number of imidazole rings is 1. The SMILES string of the molecule is C=CCNc1nc(N2CCN(C(=O)c3ccc(C)cc3)CC2)nc2c1ncn2Cc1ccc([N+](=O)[O-])cc1. The Kier molecular flexibility index (Phi) is 6.98. The van der Waals surface area contributed by atoms with Crippen LogP contribution in [0.15, 0.2) is 67.5 Å². The normalized spacial score (nSPS) is 13.5. The summed E-state index contributed by atoms with van der Waals surface area (Å²) in [4.78, 5) is 41.6. The number of nitro groups is 1. The first-order chi connectivity index (χ1) is 18.4. The molecule has 1 N–H and O–H groups in total. The molecule has 2 aromatic carbocycles. The number of amides is 1. The van der Waals surface area contributed by atoms with Gasteiger partial charge in [0.15, 0.2) is 17.0 Å². The third kappa shape index (κ3) is 5.17. The molecule has 0 radical (unpaired) electrons. The Labute approximate surface area is 219 Å². The van der Waals surface area contributed by atoms with Gasteiger partial charge in [-0.05, 0) is 24.6 Å². The summed E-state index contributed by atoms with van der Waals surface area (Å²) in [5, 5.41) is 14.2. The van der Waals surface area contributed by atoms with Gasteiger partial charge in [0.2, 0.25) is 5.95 Å². The number of aromatic nitrogens is 4. The summed E-state index contributed by atoms with van der Waals surface area (Å²) in [6.07, 6.45) is 3.44. The fraction of sp³-hybridized carbons (Fsp3) is 0.259. The molecule has 194 valence electrons. The number of nitrogens with zero attached hydrogens (tertiary/aromatic N) is 7. The fourth-order valence-electron chi connectivity index (χ4n) is 4.39. The van der Waals surface area contributed by atoms with Gasteiger partial charge in [0.05, 0.1) is 17.8 Å². The van der Waals surface area contributed by atoms with Crippen LogP contribution in [-0.4, -0.2) is 68.0 Å². The van der Waals surface area contributed by atoms with Crippen LogP contribution in [0.5, 0.6) is 0 Å². The van der Waals surface area contributed by atoms with Gasteiger partial charge in [-0.3, -0.25) is 14.9 Å². The first kappa shape index (κ1) is 24.9. The second-order valence-electron chi connectivity index (χ2n) is 9.16. The molecule has 2 aromatic heterocycles. The maximum Gasteiger partial charge on any atom is 0.269 e. The number of rotatable bonds is 8. The van der Waals surface area contributed by atoms with E-state index in [9.17, 15) is 14.9 Å². The van der Waals surface area contributed by atoms with E-state index in [-0.39, 0.29) is 11.6 Å². The predicted octanol–water partition coefficient (Wildman–Crippen LogP) is 3.65. The molecule has 11 nitrogen and oxygen atoms in total. The third-order valence-electron chi connectivity index (χ3n) is 6.51. The van der Waals surface area contributed by atoms with Gasteiger partial charge in [-0.1, -0.05) is 35.9 Å². The molecule has 11 heteroatoms. The summed E-state index contributed by atoms with van der Waals surface area (Å²) >= 11 is 0. The number of aryl methyl sites for hydroxylation is 1. The number of non-ortho nitro benzene ring substituents is 1. The van der Waals surface area contributed by atoms with Crippen LogP contribution in [0.4, 0.5) is 17.5 Å². The lowest BCUT2D eigenvalue weighted by Crippen LogP contribution is -2.49. The quantitative estimate of drug-likeness (QED) is 0.216. The fourth-order valence-corrected chi connectivity index (χ4v) is 4.39. The zero-order chi connectivity index (χ0) is 26.6. The molecule has 3 heterocycles. The van der Waals surface area contributed by atoms with Crippen molar-refractivity contribution in [2.45, 2.75) is 13.5 Å². The van der Waals surface area contributed by atoms with E-state index in [1.807, 2.05) is 40.7 Å². The number of fused-ring (bicyclic) bond motifs is 1. The zero-order valence-corrected chi connectivity index (χ0v) is 21.1. The molecule has 0 spiro atoms. The molecular formula is C27H28N8O3. The molecule has 0 unspecified atom stereocenters. The lowest BCUT2D eigenvalue weighted by atomic mass is 10.1. The predicted molar refractivity (Wildman–Crippen MR) is 146 cm³/mol. The van der Waals surface area contributed by atoms with Gasteiger partial charge in [-0.25, -0.2) is 4.98 Å². The van der Waals surface area contributed by atoms with Gasteiger partial charge in [0.25, 0.3) is 11.6 Å². The molecule has 5 rings (SSSR count). The molecule has 1 aliphatic heterocycles. The van der Waals surface area contributed by atoms with Crippen LogP contribution < -0.4 is 10.2 Å². The summed E-state index contributed by atoms with van der Waals surface area (Å²) in [6.45, 7) is 9.06. The van der Waals surface area contributed by atoms with Gasteiger partial charge in [-0.2, -0.15) is 9.97 Å². The Hall–Kier alpha value is -4.80. The van der Waals surface area contributed by atoms with Crippen molar-refractivity contribution < 1.29 is 9.72 Å². The number of anilines is 2. The Morgan fingerprint density at radius 3 is 2.45 bits per heavy atom. The standard InChI is InChI=1S/C27H28N8O3/c1-3-12-28-24-23-25(34(18-29-23)17-20-6-10-22(11-7-20)35(37)38)31-27(30-24)33-15-13-32(14-16-33)26(36)21-8-4-19(2)5-9-21/h3-11,18H,1,12-17H2,2H3,(H,28,30,31). The maximum absolute atomic E-state index is 13.0. The lowest BCUT2D eigenvalue weighted by Gasteiger charge is -2.35. The van der Waals surface area contributed by atoms with Gasteiger partial charge >= 0.3 is 0 Å². The van der Waals surface area contributed by atoms with Gasteiger partial charge in [0, 0.05) is 50.4 Å². The summed E-state index contributed by atoms with van der Waals surface area (Å²) in [5.74, 6) is 1.18. The highest BCUT2D eigenvalue weighted by molar-refractivity contribution is 5.94. The van der Waals surface area contributed by atoms with Crippen molar-refractivity contribution in [1.29, 1.82) is 0 Å². The highest BCUT2D eigenvalue weighted by Crippen LogP contribution is 2.25. The van der Waals surface area contributed by atoms with Crippen LogP contribution in [0.2, 0.25) is 0 Å². The van der Waals surface area contributed by atoms with Crippen LogP contribution in [-0.2, 0) is 6.54 Å². The topological polar surface area (TPSA) is 122 Å². The summed E-state index contributed by atoms with van der Waals surface area (Å²) in [6, 6.07) is 14.1. The Morgan fingerprint density at radius 2 is 1.79 bits per heavy atom. The van der Waals surface area contributed by atoms with E-state index in [1.54, 1.807) is 24.5 Å². The molecule has 0 bridgehead atoms. The second-order valence-corrected chi connectivity index (χ2v) is 9.16. The van der Waals surface area contributed by atoms with Crippen molar-refractivity contribution in [3.63, 3.8) is 0 Å². The summed E-state index contributed by atoms with van der Waals surface area (Å²) in [7, 11) is 0. The largest absolute Gasteiger partial charge is 0.365 e. The average molecular weight is 513 g/mol. The number of nitrogens with one attached hydrogen (secondary N) is 1. The van der Waals surface area contributed by atoms with Crippen molar-refractivity contribution >= 4 is 34.5 Å². The highest BCUT2D eigenvalue weighted by Gasteiger charge is 2.25. The van der Waals surface area contributed by atoms with E-state index < -0.39 is 4.92 Å². The molecule has 0 atom stereocenters. The Morgan fingerprint density at radius 1 is 1.08 bits per heavy atom. The number of carbonyl (C=O) groups excluding carboxylic acids is 1. The van der Waals surface area contributed by atoms with Crippen molar-refractivity contribution in [3.05, 3.63) is 94.3 Å². The van der Waals surface area contributed by atoms with E-state index in [2.05, 4.69) is 21.8 Å². The van der Waals surface area contributed by atoms with Gasteiger partial charge < -0.3 is 19.7 Å². The van der Waals surface area contributed by atoms with E-state index in [0.717, 1.165) is 11.1 Å². The molecule has 1 amide bonds. The van der Waals surface area contributed by atoms with Crippen molar-refractivity contribution in [1.82, 2.24) is 24.4 Å². The Balaban J connectivity index is 1.38. The van der Waals surface area contributed by atoms with Gasteiger partial charge in [0.1, 0.15) is 0 Å². The first-order valence-corrected chi connectivity index (χ1v) is 12.3. The maximum atomic E-state index is 13.0. The van der Waals surface area contributed by atoms with Crippen molar-refractivity contribution in [2.24, 2.45) is 0 Å². The number of benzene rings is 2. The molecule has 38 heavy (non-hydrogen) atoms. The summed E-state index contributed by atoms with van der Waals surface area (Å²) < 4.78 is 1.90. The minimum absolute atomic E-state index is 0.0236. The number of hydrogen-bond acceptors (Lipinski definition) is 8. The lowest BCUT2D eigenvalue weighted by molar-refractivity contribution is -0.384. The second kappa shape index (κ2) is 10.7. The Bertz CT molecular complexity index is 1470. The molecule has 1 aliphatic rings. The van der Waals surface area contributed by atoms with E-state index in [4.69, 9.17) is 9.97 Å². The molecular weight excluding hydrogens is 484 g/mol. The monoisotopic (exact) mass is 512 g/mol. The van der Waals surface area contributed by atoms with Crippen molar-refractivity contribution in [3.8, 4) is 0 Å². The molecule has 0 saturated carbocycles. The van der Waals surface area contributed by atoms with Crippen molar-refractivity contribution in [2.75, 3.05) is 42.9 Å². The molecule has 4 aromatic rings. The molecule has 1 saturated heterocycles. The highest BCUT2D eigenvalue weighted by atomic mass is 16.6. The average Bonchev–Trinajstić information content (AvgIpc) is 3.34. The first-order valence-electron chi connectivity index (χ1n) is 12.3. The number of piperazine rings is 1. The van der Waals surface area contributed by atoms with E-state index >= 15 is 0 Å². The smallest absolute Gasteiger partial charge is 0.269 e. The van der Waals surface area contributed by atoms with Crippen LogP contribution in [0.25, 0.3) is 11.2 Å². The van der Waals surface area contributed by atoms with Crippen LogP contribution in [0.3, 0.4) is 0 Å². The number of carbonyl (C=O) groups is 1. The minimum atomic E-state index is -0.415. The minimum Gasteiger partial charge on any atom is -0.365 e. The molecule has 1 fully saturated rings. The van der Waals surface area contributed by atoms with E-state index in [0.29, 0.717) is 67.8 Å². The number of hydrogen-bond donors (Lipinski definition) is 1. The van der Waals surface area contributed by atoms with Crippen LogP contribution in [0.1, 0.15) is 21.5 Å². The molecule has 0 aliphatic carbocycles. The number of nitro benzene ring substituents is 1. The van der Waals surface area contributed by atoms with E-state index in [1.165, 1.54) is 12.1 Å². The third-order valence-corrected chi connectivity index (χ3v) is 6.51. The zero-order valence-electron chi connectivity index (χ0n) is 21.1. The van der Waals surface area contributed by atoms with Crippen LogP contribution >= 0.6 is 0 Å². The van der Waals surface area contributed by atoms with Crippen LogP contribution in [0, 0.1) is 17.0 Å². The van der Waals surface area contributed by atoms with Gasteiger partial charge in [-0.15, -0.1) is 6.58 Å².